The van der Waals surface area contributed by atoms with Crippen LogP contribution in [0.25, 0.3) is 0 Å². The van der Waals surface area contributed by atoms with Crippen molar-refractivity contribution in [2.24, 2.45) is 5.73 Å². The van der Waals surface area contributed by atoms with E-state index in [2.05, 4.69) is 27.8 Å². The molecule has 0 radical (unpaired) electrons. The molecular weight excluding hydrogens is 308 g/mol. The molecule has 106 valence electrons. The first kappa shape index (κ1) is 14.9. The van der Waals surface area contributed by atoms with Gasteiger partial charge in [0.2, 0.25) is 0 Å². The van der Waals surface area contributed by atoms with Crippen molar-refractivity contribution < 1.29 is 10.2 Å². The SMILES string of the molecule is CCC(N)C(c1ccccc1Br)N1CC(O)C(O)C1. The van der Waals surface area contributed by atoms with Crippen LogP contribution in [0.1, 0.15) is 24.9 Å². The normalized spacial score (nSPS) is 27.4. The summed E-state index contributed by atoms with van der Waals surface area (Å²) in [5.41, 5.74) is 7.37. The van der Waals surface area contributed by atoms with Gasteiger partial charge in [-0.3, -0.25) is 4.90 Å². The monoisotopic (exact) mass is 328 g/mol. The van der Waals surface area contributed by atoms with Gasteiger partial charge in [-0.1, -0.05) is 41.1 Å². The molecule has 0 bridgehead atoms. The molecule has 4 N–H and O–H groups in total. The number of hydrogen-bond donors (Lipinski definition) is 3. The number of β-amino-alcohol motifs (C(OH)–C–C–N with tert-alkyl or cyclic N) is 2. The minimum absolute atomic E-state index is 0.00683. The van der Waals surface area contributed by atoms with Crippen LogP contribution in [0.3, 0.4) is 0 Å². The standard InChI is InChI=1S/C14H21BrN2O2/c1-2-11(16)14(9-5-3-4-6-10(9)15)17-7-12(18)13(19)8-17/h3-6,11-14,18-19H,2,7-8,16H2,1H3. The number of aliphatic hydroxyl groups is 2. The molecule has 0 aliphatic carbocycles. The smallest absolute Gasteiger partial charge is 0.0938 e. The van der Waals surface area contributed by atoms with Gasteiger partial charge in [0.25, 0.3) is 0 Å². The average molecular weight is 329 g/mol. The average Bonchev–Trinajstić information content (AvgIpc) is 2.71. The molecule has 19 heavy (non-hydrogen) atoms. The lowest BCUT2D eigenvalue weighted by molar-refractivity contribution is 0.0572. The van der Waals surface area contributed by atoms with Crippen molar-refractivity contribution in [3.8, 4) is 0 Å². The van der Waals surface area contributed by atoms with Crippen LogP contribution in [0.2, 0.25) is 0 Å². The highest BCUT2D eigenvalue weighted by molar-refractivity contribution is 9.10. The predicted octanol–water partition coefficient (Wildman–Crippen LogP) is 1.26. The molecule has 1 saturated heterocycles. The third-order valence-corrected chi connectivity index (χ3v) is 4.50. The lowest BCUT2D eigenvalue weighted by Crippen LogP contribution is -2.40. The summed E-state index contributed by atoms with van der Waals surface area (Å²) < 4.78 is 1.01. The molecule has 0 aromatic heterocycles. The van der Waals surface area contributed by atoms with Crippen LogP contribution in [-0.4, -0.2) is 46.5 Å². The van der Waals surface area contributed by atoms with Gasteiger partial charge in [-0.25, -0.2) is 0 Å². The van der Waals surface area contributed by atoms with Crippen molar-refractivity contribution in [1.82, 2.24) is 4.90 Å². The van der Waals surface area contributed by atoms with E-state index < -0.39 is 12.2 Å². The van der Waals surface area contributed by atoms with Crippen molar-refractivity contribution in [3.05, 3.63) is 34.3 Å². The van der Waals surface area contributed by atoms with E-state index in [4.69, 9.17) is 5.73 Å². The Morgan fingerprint density at radius 2 is 1.89 bits per heavy atom. The van der Waals surface area contributed by atoms with Gasteiger partial charge in [0.05, 0.1) is 18.2 Å². The summed E-state index contributed by atoms with van der Waals surface area (Å²) in [7, 11) is 0. The second-order valence-electron chi connectivity index (χ2n) is 5.13. The number of likely N-dealkylation sites (tertiary alicyclic amines) is 1. The molecular formula is C14H21BrN2O2. The fourth-order valence-electron chi connectivity index (χ4n) is 2.66. The van der Waals surface area contributed by atoms with Crippen molar-refractivity contribution in [1.29, 1.82) is 0 Å². The van der Waals surface area contributed by atoms with Gasteiger partial charge in [-0.05, 0) is 18.1 Å². The Morgan fingerprint density at radius 3 is 2.42 bits per heavy atom. The minimum Gasteiger partial charge on any atom is -0.389 e. The summed E-state index contributed by atoms with van der Waals surface area (Å²) in [6.07, 6.45) is -0.530. The largest absolute Gasteiger partial charge is 0.389 e. The molecule has 1 heterocycles. The Bertz CT molecular complexity index is 420. The number of benzene rings is 1. The first-order chi connectivity index (χ1) is 9.04. The highest BCUT2D eigenvalue weighted by Gasteiger charge is 2.37. The molecule has 1 aliphatic rings. The molecule has 4 nitrogen and oxygen atoms in total. The molecule has 2 rings (SSSR count). The fraction of sp³-hybridized carbons (Fsp3) is 0.571. The van der Waals surface area contributed by atoms with Gasteiger partial charge in [0.1, 0.15) is 0 Å². The number of rotatable bonds is 4. The Morgan fingerprint density at radius 1 is 1.32 bits per heavy atom. The van der Waals surface area contributed by atoms with Crippen LogP contribution < -0.4 is 5.73 Å². The number of halogens is 1. The molecule has 1 aromatic rings. The summed E-state index contributed by atoms with van der Waals surface area (Å²) in [5, 5.41) is 19.5. The summed E-state index contributed by atoms with van der Waals surface area (Å²) in [6, 6.07) is 7.96. The van der Waals surface area contributed by atoms with Crippen LogP contribution in [0.15, 0.2) is 28.7 Å². The summed E-state index contributed by atoms with van der Waals surface area (Å²) in [6.45, 7) is 2.97. The number of nitrogens with zero attached hydrogens (tertiary/aromatic N) is 1. The van der Waals surface area contributed by atoms with E-state index >= 15 is 0 Å². The van der Waals surface area contributed by atoms with Crippen molar-refractivity contribution in [3.63, 3.8) is 0 Å². The summed E-state index contributed by atoms with van der Waals surface area (Å²) in [5.74, 6) is 0. The van der Waals surface area contributed by atoms with Crippen LogP contribution in [0, 0.1) is 0 Å². The summed E-state index contributed by atoms with van der Waals surface area (Å²) in [4.78, 5) is 2.07. The Balaban J connectivity index is 2.30. The lowest BCUT2D eigenvalue weighted by Gasteiger charge is -2.33. The molecule has 0 spiro atoms. The highest BCUT2D eigenvalue weighted by atomic mass is 79.9. The first-order valence-electron chi connectivity index (χ1n) is 6.64. The second kappa shape index (κ2) is 6.33. The number of hydrogen-bond acceptors (Lipinski definition) is 4. The minimum atomic E-state index is -0.686. The van der Waals surface area contributed by atoms with E-state index in [1.54, 1.807) is 0 Å². The van der Waals surface area contributed by atoms with Gasteiger partial charge in [-0.15, -0.1) is 0 Å². The zero-order chi connectivity index (χ0) is 14.0. The van der Waals surface area contributed by atoms with Crippen LogP contribution in [0.5, 0.6) is 0 Å². The zero-order valence-corrected chi connectivity index (χ0v) is 12.6. The van der Waals surface area contributed by atoms with Crippen molar-refractivity contribution in [2.75, 3.05) is 13.1 Å². The number of aliphatic hydroxyl groups excluding tert-OH is 2. The third-order valence-electron chi connectivity index (χ3n) is 3.78. The van der Waals surface area contributed by atoms with Crippen LogP contribution in [-0.2, 0) is 0 Å². The first-order valence-corrected chi connectivity index (χ1v) is 7.44. The fourth-order valence-corrected chi connectivity index (χ4v) is 3.18. The molecule has 1 fully saturated rings. The molecule has 1 aromatic carbocycles. The third kappa shape index (κ3) is 3.17. The topological polar surface area (TPSA) is 69.7 Å². The molecule has 1 aliphatic heterocycles. The van der Waals surface area contributed by atoms with E-state index in [9.17, 15) is 10.2 Å². The van der Waals surface area contributed by atoms with Gasteiger partial charge >= 0.3 is 0 Å². The highest BCUT2D eigenvalue weighted by Crippen LogP contribution is 2.33. The number of nitrogens with two attached hydrogens (primary N) is 1. The Kier molecular flexibility index (Phi) is 4.97. The van der Waals surface area contributed by atoms with Crippen molar-refractivity contribution in [2.45, 2.75) is 37.6 Å². The molecule has 4 atom stereocenters. The summed E-state index contributed by atoms with van der Waals surface area (Å²) >= 11 is 3.56. The van der Waals surface area contributed by atoms with E-state index in [1.807, 2.05) is 24.3 Å². The van der Waals surface area contributed by atoms with E-state index in [0.717, 1.165) is 16.5 Å². The molecule has 4 unspecified atom stereocenters. The maximum Gasteiger partial charge on any atom is 0.0938 e. The van der Waals surface area contributed by atoms with E-state index in [1.165, 1.54) is 0 Å². The molecule has 0 amide bonds. The predicted molar refractivity (Wildman–Crippen MR) is 78.7 cm³/mol. The lowest BCUT2D eigenvalue weighted by atomic mass is 9.96. The van der Waals surface area contributed by atoms with Gasteiger partial charge in [-0.2, -0.15) is 0 Å². The van der Waals surface area contributed by atoms with E-state index in [0.29, 0.717) is 13.1 Å². The second-order valence-corrected chi connectivity index (χ2v) is 5.98. The molecule has 5 heteroatoms. The maximum atomic E-state index is 9.74. The molecule has 0 saturated carbocycles. The van der Waals surface area contributed by atoms with Crippen LogP contribution in [0.4, 0.5) is 0 Å². The Hall–Kier alpha value is -0.460. The van der Waals surface area contributed by atoms with Gasteiger partial charge in [0.15, 0.2) is 0 Å². The Labute approximate surface area is 122 Å². The quantitative estimate of drug-likeness (QED) is 0.778. The maximum absolute atomic E-state index is 9.74. The van der Waals surface area contributed by atoms with Gasteiger partial charge < -0.3 is 15.9 Å². The zero-order valence-electron chi connectivity index (χ0n) is 11.0. The van der Waals surface area contributed by atoms with Crippen molar-refractivity contribution >= 4 is 15.9 Å². The van der Waals surface area contributed by atoms with Gasteiger partial charge in [0, 0.05) is 23.6 Å². The van der Waals surface area contributed by atoms with E-state index in [-0.39, 0.29) is 12.1 Å². The van der Waals surface area contributed by atoms with Crippen LogP contribution >= 0.6 is 15.9 Å².